The number of aromatic hydroxyl groups is 1. The van der Waals surface area contributed by atoms with Crippen LogP contribution in [0.2, 0.25) is 0 Å². The molecule has 0 aromatic heterocycles. The number of phenolic OH excluding ortho intramolecular Hbond substituents is 1. The number of phenols is 1. The van der Waals surface area contributed by atoms with Crippen LogP contribution in [0.5, 0.6) is 5.75 Å². The first-order valence-electron chi connectivity index (χ1n) is 2.46. The van der Waals surface area contributed by atoms with Crippen molar-refractivity contribution >= 4 is 5.69 Å². The van der Waals surface area contributed by atoms with Crippen molar-refractivity contribution in [2.75, 3.05) is 0 Å². The van der Waals surface area contributed by atoms with Gasteiger partial charge in [-0.2, -0.15) is 0 Å². The SMILES string of the molecule is O.O=Nc1ccccc1O. The molecule has 0 saturated heterocycles. The Morgan fingerprint density at radius 3 is 2.30 bits per heavy atom. The van der Waals surface area contributed by atoms with Gasteiger partial charge in [-0.3, -0.25) is 0 Å². The number of benzene rings is 1. The third-order valence-corrected chi connectivity index (χ3v) is 0.980. The second-order valence-corrected chi connectivity index (χ2v) is 1.58. The second-order valence-electron chi connectivity index (χ2n) is 1.58. The summed E-state index contributed by atoms with van der Waals surface area (Å²) in [6.07, 6.45) is 0. The van der Waals surface area contributed by atoms with Gasteiger partial charge in [0.05, 0.1) is 0 Å². The van der Waals surface area contributed by atoms with Crippen LogP contribution in [0.1, 0.15) is 0 Å². The molecule has 3 N–H and O–H groups in total. The number of nitrogens with zero attached hydrogens (tertiary/aromatic N) is 1. The molecule has 1 aromatic rings. The molecular formula is C6H7NO3. The zero-order valence-corrected chi connectivity index (χ0v) is 5.11. The van der Waals surface area contributed by atoms with Crippen molar-refractivity contribution in [3.63, 3.8) is 0 Å². The fourth-order valence-corrected chi connectivity index (χ4v) is 0.541. The van der Waals surface area contributed by atoms with Crippen LogP contribution in [-0.4, -0.2) is 10.6 Å². The molecule has 54 valence electrons. The van der Waals surface area contributed by atoms with Crippen LogP contribution in [0.25, 0.3) is 0 Å². The van der Waals surface area contributed by atoms with E-state index in [1.54, 1.807) is 12.1 Å². The zero-order valence-electron chi connectivity index (χ0n) is 5.11. The fourth-order valence-electron chi connectivity index (χ4n) is 0.541. The molecule has 0 atom stereocenters. The lowest BCUT2D eigenvalue weighted by atomic mass is 10.3. The first kappa shape index (κ1) is 8.58. The summed E-state index contributed by atoms with van der Waals surface area (Å²) in [6, 6.07) is 6.12. The lowest BCUT2D eigenvalue weighted by molar-refractivity contribution is 0.477. The van der Waals surface area contributed by atoms with E-state index in [0.717, 1.165) is 0 Å². The summed E-state index contributed by atoms with van der Waals surface area (Å²) in [7, 11) is 0. The Kier molecular flexibility index (Phi) is 3.07. The maximum atomic E-state index is 9.82. The van der Waals surface area contributed by atoms with Crippen molar-refractivity contribution in [2.45, 2.75) is 0 Å². The fraction of sp³-hybridized carbons (Fsp3) is 0. The molecule has 0 saturated carbocycles. The molecule has 0 radical (unpaired) electrons. The van der Waals surface area contributed by atoms with Crippen LogP contribution in [-0.2, 0) is 0 Å². The molecule has 10 heavy (non-hydrogen) atoms. The molecule has 0 aliphatic carbocycles. The summed E-state index contributed by atoms with van der Waals surface area (Å²) in [6.45, 7) is 0. The number of hydrogen-bond acceptors (Lipinski definition) is 3. The van der Waals surface area contributed by atoms with Crippen molar-refractivity contribution in [1.29, 1.82) is 0 Å². The van der Waals surface area contributed by atoms with Crippen molar-refractivity contribution in [3.05, 3.63) is 29.2 Å². The first-order chi connectivity index (χ1) is 4.34. The topological polar surface area (TPSA) is 81.2 Å². The molecular weight excluding hydrogens is 134 g/mol. The van der Waals surface area contributed by atoms with Crippen LogP contribution in [0.3, 0.4) is 0 Å². The molecule has 0 fully saturated rings. The third kappa shape index (κ3) is 1.53. The third-order valence-electron chi connectivity index (χ3n) is 0.980. The quantitative estimate of drug-likeness (QED) is 0.591. The maximum absolute atomic E-state index is 9.82. The molecule has 0 amide bonds. The first-order valence-corrected chi connectivity index (χ1v) is 2.46. The monoisotopic (exact) mass is 141 g/mol. The van der Waals surface area contributed by atoms with Crippen LogP contribution >= 0.6 is 0 Å². The van der Waals surface area contributed by atoms with Crippen molar-refractivity contribution in [3.8, 4) is 5.75 Å². The Balaban J connectivity index is 0.000000810. The standard InChI is InChI=1S/C6H5NO2.H2O/c8-6-4-2-1-3-5(6)7-9;/h1-4,8H;1H2. The zero-order chi connectivity index (χ0) is 6.69. The summed E-state index contributed by atoms with van der Waals surface area (Å²) in [5, 5.41) is 11.4. The normalized spacial score (nSPS) is 8.00. The highest BCUT2D eigenvalue weighted by atomic mass is 16.3. The van der Waals surface area contributed by atoms with E-state index >= 15 is 0 Å². The lowest BCUT2D eigenvalue weighted by Gasteiger charge is -1.89. The molecule has 0 unspecified atom stereocenters. The summed E-state index contributed by atoms with van der Waals surface area (Å²) in [5.74, 6) is -0.0764. The van der Waals surface area contributed by atoms with Gasteiger partial charge >= 0.3 is 0 Å². The predicted octanol–water partition coefficient (Wildman–Crippen LogP) is 0.965. The minimum absolute atomic E-state index is 0. The molecule has 1 aromatic carbocycles. The van der Waals surface area contributed by atoms with Gasteiger partial charge in [-0.1, -0.05) is 12.1 Å². The summed E-state index contributed by atoms with van der Waals surface area (Å²) in [5.41, 5.74) is 0.0810. The average molecular weight is 141 g/mol. The largest absolute Gasteiger partial charge is 0.506 e. The minimum Gasteiger partial charge on any atom is -0.506 e. The van der Waals surface area contributed by atoms with E-state index in [0.29, 0.717) is 0 Å². The second kappa shape index (κ2) is 3.58. The van der Waals surface area contributed by atoms with E-state index in [-0.39, 0.29) is 16.9 Å². The average Bonchev–Trinajstić information content (AvgIpc) is 1.89. The van der Waals surface area contributed by atoms with Crippen molar-refractivity contribution < 1.29 is 10.6 Å². The van der Waals surface area contributed by atoms with Gasteiger partial charge in [0.1, 0.15) is 11.4 Å². The maximum Gasteiger partial charge on any atom is 0.149 e. The highest BCUT2D eigenvalue weighted by Gasteiger charge is 1.94. The van der Waals surface area contributed by atoms with Gasteiger partial charge < -0.3 is 10.6 Å². The number of para-hydroxylation sites is 1. The van der Waals surface area contributed by atoms with E-state index < -0.39 is 0 Å². The highest BCUT2D eigenvalue weighted by molar-refractivity contribution is 5.49. The number of rotatable bonds is 1. The number of hydrogen-bond donors (Lipinski definition) is 1. The Hall–Kier alpha value is -1.42. The summed E-state index contributed by atoms with van der Waals surface area (Å²) < 4.78 is 0. The Labute approximate surface area is 57.4 Å². The number of nitroso groups, excluding NO2 is 1. The molecule has 0 aliphatic heterocycles. The van der Waals surface area contributed by atoms with Crippen LogP contribution in [0.4, 0.5) is 5.69 Å². The van der Waals surface area contributed by atoms with Crippen molar-refractivity contribution in [1.82, 2.24) is 0 Å². The molecule has 0 spiro atoms. The van der Waals surface area contributed by atoms with Gasteiger partial charge in [0, 0.05) is 0 Å². The predicted molar refractivity (Wildman–Crippen MR) is 37.2 cm³/mol. The molecule has 0 heterocycles. The van der Waals surface area contributed by atoms with Crippen LogP contribution < -0.4 is 0 Å². The van der Waals surface area contributed by atoms with E-state index in [9.17, 15) is 4.91 Å². The van der Waals surface area contributed by atoms with E-state index in [2.05, 4.69) is 5.18 Å². The molecule has 4 heteroatoms. The summed E-state index contributed by atoms with van der Waals surface area (Å²) in [4.78, 5) is 9.82. The van der Waals surface area contributed by atoms with Gasteiger partial charge in [-0.15, -0.1) is 4.91 Å². The molecule has 4 nitrogen and oxygen atoms in total. The van der Waals surface area contributed by atoms with E-state index in [1.165, 1.54) is 12.1 Å². The Morgan fingerprint density at radius 2 is 1.90 bits per heavy atom. The van der Waals surface area contributed by atoms with Gasteiger partial charge in [-0.05, 0) is 17.3 Å². The van der Waals surface area contributed by atoms with Crippen LogP contribution in [0, 0.1) is 4.91 Å². The van der Waals surface area contributed by atoms with Crippen LogP contribution in [0.15, 0.2) is 29.4 Å². The van der Waals surface area contributed by atoms with Gasteiger partial charge in [0.2, 0.25) is 0 Å². The molecule has 0 aliphatic rings. The van der Waals surface area contributed by atoms with E-state index in [4.69, 9.17) is 5.11 Å². The van der Waals surface area contributed by atoms with Gasteiger partial charge in [0.15, 0.2) is 0 Å². The summed E-state index contributed by atoms with van der Waals surface area (Å²) >= 11 is 0. The molecule has 0 bridgehead atoms. The molecule has 1 rings (SSSR count). The lowest BCUT2D eigenvalue weighted by Crippen LogP contribution is -1.63. The van der Waals surface area contributed by atoms with Gasteiger partial charge in [-0.25, -0.2) is 0 Å². The Morgan fingerprint density at radius 1 is 1.30 bits per heavy atom. The Bertz CT molecular complexity index is 224. The van der Waals surface area contributed by atoms with Gasteiger partial charge in [0.25, 0.3) is 0 Å². The van der Waals surface area contributed by atoms with E-state index in [1.807, 2.05) is 0 Å². The smallest absolute Gasteiger partial charge is 0.149 e. The van der Waals surface area contributed by atoms with Crippen molar-refractivity contribution in [2.24, 2.45) is 5.18 Å². The highest BCUT2D eigenvalue weighted by Crippen LogP contribution is 2.23. The minimum atomic E-state index is -0.0764.